The number of esters is 1. The van der Waals surface area contributed by atoms with E-state index in [-0.39, 0.29) is 17.2 Å². The highest BCUT2D eigenvalue weighted by molar-refractivity contribution is 6.00. The van der Waals surface area contributed by atoms with E-state index in [1.807, 2.05) is 0 Å². The van der Waals surface area contributed by atoms with Gasteiger partial charge in [0.1, 0.15) is 11.6 Å². The van der Waals surface area contributed by atoms with Gasteiger partial charge in [0.2, 0.25) is 5.78 Å². The molecule has 0 amide bonds. The lowest BCUT2D eigenvalue weighted by atomic mass is 10.1. The molecule has 2 aromatic carbocycles. The second-order valence-corrected chi connectivity index (χ2v) is 6.49. The molecule has 0 aliphatic rings. The van der Waals surface area contributed by atoms with Crippen LogP contribution in [0.3, 0.4) is 0 Å². The number of halogens is 2. The molecule has 6 heteroatoms. The van der Waals surface area contributed by atoms with Gasteiger partial charge in [0.05, 0.1) is 0 Å². The van der Waals surface area contributed by atoms with Crippen LogP contribution in [0.2, 0.25) is 0 Å². The molecule has 3 rings (SSSR count). The summed E-state index contributed by atoms with van der Waals surface area (Å²) in [5.41, 5.74) is 2.61. The number of rotatable bonds is 6. The smallest absolute Gasteiger partial charge is 0.331 e. The Kier molecular flexibility index (Phi) is 6.02. The summed E-state index contributed by atoms with van der Waals surface area (Å²) < 4.78 is 33.8. The average molecular weight is 395 g/mol. The van der Waals surface area contributed by atoms with E-state index >= 15 is 0 Å². The highest BCUT2D eigenvalue weighted by atomic mass is 19.1. The predicted octanol–water partition coefficient (Wildman–Crippen LogP) is 4.81. The number of Topliss-reactive ketones (excluding diaryl/α,β-unsaturated/α-hetero) is 1. The van der Waals surface area contributed by atoms with Gasteiger partial charge in [0.25, 0.3) is 0 Å². The Morgan fingerprint density at radius 1 is 1.03 bits per heavy atom. The number of aryl methyl sites for hydroxylation is 1. The lowest BCUT2D eigenvalue weighted by Crippen LogP contribution is -2.13. The van der Waals surface area contributed by atoms with Crippen molar-refractivity contribution in [1.82, 2.24) is 4.57 Å². The molecule has 0 radical (unpaired) electrons. The summed E-state index contributed by atoms with van der Waals surface area (Å²) in [5.74, 6) is -1.97. The van der Waals surface area contributed by atoms with Crippen LogP contribution in [0.5, 0.6) is 0 Å². The molecular weight excluding hydrogens is 376 g/mol. The standard InChI is InChI=1S/C23H19F2NO3/c1-15-12-20(16(2)26(15)19-8-5-7-18(24)13-19)22(27)14-29-23(28)11-10-17-6-3-4-9-21(17)25/h3-13H,14H2,1-2H3/b11-10+. The van der Waals surface area contributed by atoms with Gasteiger partial charge >= 0.3 is 5.97 Å². The molecule has 1 heterocycles. The van der Waals surface area contributed by atoms with Gasteiger partial charge in [0.15, 0.2) is 6.61 Å². The van der Waals surface area contributed by atoms with Crippen LogP contribution >= 0.6 is 0 Å². The monoisotopic (exact) mass is 395 g/mol. The quantitative estimate of drug-likeness (QED) is 0.342. The third kappa shape index (κ3) is 4.66. The van der Waals surface area contributed by atoms with E-state index in [4.69, 9.17) is 4.74 Å². The first-order valence-corrected chi connectivity index (χ1v) is 8.94. The van der Waals surface area contributed by atoms with Crippen LogP contribution in [0.15, 0.2) is 60.7 Å². The first-order chi connectivity index (χ1) is 13.9. The maximum atomic E-state index is 13.5. The molecule has 0 atom stereocenters. The van der Waals surface area contributed by atoms with E-state index in [2.05, 4.69) is 0 Å². The van der Waals surface area contributed by atoms with Gasteiger partial charge in [-0.2, -0.15) is 0 Å². The number of nitrogens with zero attached hydrogens (tertiary/aromatic N) is 1. The van der Waals surface area contributed by atoms with Crippen molar-refractivity contribution < 1.29 is 23.1 Å². The van der Waals surface area contributed by atoms with Gasteiger partial charge in [-0.05, 0) is 50.3 Å². The topological polar surface area (TPSA) is 48.3 Å². The van der Waals surface area contributed by atoms with Gasteiger partial charge in [-0.25, -0.2) is 13.6 Å². The molecule has 4 nitrogen and oxygen atoms in total. The number of benzene rings is 2. The third-order valence-corrected chi connectivity index (χ3v) is 4.45. The number of ether oxygens (including phenoxy) is 1. The van der Waals surface area contributed by atoms with Crippen LogP contribution in [0.25, 0.3) is 11.8 Å². The number of ketones is 1. The van der Waals surface area contributed by atoms with Gasteiger partial charge < -0.3 is 9.30 Å². The van der Waals surface area contributed by atoms with Crippen LogP contribution in [-0.2, 0) is 9.53 Å². The summed E-state index contributed by atoms with van der Waals surface area (Å²) in [6.45, 7) is 3.09. The number of carbonyl (C=O) groups excluding carboxylic acids is 2. The summed E-state index contributed by atoms with van der Waals surface area (Å²) in [6.07, 6.45) is 2.36. The molecular formula is C23H19F2NO3. The van der Waals surface area contributed by atoms with E-state index in [9.17, 15) is 18.4 Å². The van der Waals surface area contributed by atoms with Gasteiger partial charge in [-0.3, -0.25) is 4.79 Å². The normalized spacial score (nSPS) is 11.0. The fraction of sp³-hybridized carbons (Fsp3) is 0.130. The molecule has 29 heavy (non-hydrogen) atoms. The average Bonchev–Trinajstić information content (AvgIpc) is 2.99. The predicted molar refractivity (Wildman–Crippen MR) is 106 cm³/mol. The van der Waals surface area contributed by atoms with Gasteiger partial charge in [-0.1, -0.05) is 24.3 Å². The number of carbonyl (C=O) groups is 2. The van der Waals surface area contributed by atoms with E-state index in [1.54, 1.807) is 48.7 Å². The van der Waals surface area contributed by atoms with Crippen molar-refractivity contribution in [2.45, 2.75) is 13.8 Å². The third-order valence-electron chi connectivity index (χ3n) is 4.45. The van der Waals surface area contributed by atoms with Crippen LogP contribution in [0, 0.1) is 25.5 Å². The summed E-state index contributed by atoms with van der Waals surface area (Å²) in [7, 11) is 0. The van der Waals surface area contributed by atoms with E-state index in [0.717, 1.165) is 11.8 Å². The molecule has 0 saturated carbocycles. The fourth-order valence-corrected chi connectivity index (χ4v) is 3.09. The lowest BCUT2D eigenvalue weighted by molar-refractivity contribution is -0.136. The lowest BCUT2D eigenvalue weighted by Gasteiger charge is -2.10. The molecule has 0 fully saturated rings. The first-order valence-electron chi connectivity index (χ1n) is 8.94. The maximum absolute atomic E-state index is 13.5. The van der Waals surface area contributed by atoms with Crippen molar-refractivity contribution >= 4 is 17.8 Å². The largest absolute Gasteiger partial charge is 0.454 e. The fourth-order valence-electron chi connectivity index (χ4n) is 3.09. The molecule has 0 aliphatic carbocycles. The molecule has 0 N–H and O–H groups in total. The summed E-state index contributed by atoms with van der Waals surface area (Å²) in [4.78, 5) is 24.4. The van der Waals surface area contributed by atoms with Crippen LogP contribution in [0.1, 0.15) is 27.3 Å². The van der Waals surface area contributed by atoms with Crippen molar-refractivity contribution in [3.63, 3.8) is 0 Å². The highest BCUT2D eigenvalue weighted by Gasteiger charge is 2.18. The Morgan fingerprint density at radius 3 is 2.52 bits per heavy atom. The van der Waals surface area contributed by atoms with Crippen LogP contribution < -0.4 is 0 Å². The van der Waals surface area contributed by atoms with Gasteiger partial charge in [0, 0.05) is 34.3 Å². The maximum Gasteiger partial charge on any atom is 0.331 e. The molecule has 0 aliphatic heterocycles. The van der Waals surface area contributed by atoms with Crippen molar-refractivity contribution in [2.24, 2.45) is 0 Å². The van der Waals surface area contributed by atoms with Crippen molar-refractivity contribution in [2.75, 3.05) is 6.61 Å². The Balaban J connectivity index is 1.69. The van der Waals surface area contributed by atoms with Gasteiger partial charge in [-0.15, -0.1) is 0 Å². The minimum atomic E-state index is -0.749. The van der Waals surface area contributed by atoms with Crippen LogP contribution in [0.4, 0.5) is 8.78 Å². The summed E-state index contributed by atoms with van der Waals surface area (Å²) in [6, 6.07) is 13.7. The Bertz CT molecular complexity index is 1100. The molecule has 148 valence electrons. The molecule has 0 unspecified atom stereocenters. The van der Waals surface area contributed by atoms with Crippen LogP contribution in [-0.4, -0.2) is 22.9 Å². The zero-order chi connectivity index (χ0) is 21.0. The van der Waals surface area contributed by atoms with E-state index < -0.39 is 18.4 Å². The summed E-state index contributed by atoms with van der Waals surface area (Å²) in [5, 5.41) is 0. The minimum absolute atomic E-state index is 0.245. The number of hydrogen-bond acceptors (Lipinski definition) is 3. The Hall–Kier alpha value is -3.54. The number of hydrogen-bond donors (Lipinski definition) is 0. The molecule has 3 aromatic rings. The molecule has 0 spiro atoms. The first kappa shape index (κ1) is 20.2. The van der Waals surface area contributed by atoms with Crippen molar-refractivity contribution in [3.8, 4) is 5.69 Å². The van der Waals surface area contributed by atoms with E-state index in [1.165, 1.54) is 30.3 Å². The molecule has 0 saturated heterocycles. The molecule has 1 aromatic heterocycles. The minimum Gasteiger partial charge on any atom is -0.454 e. The summed E-state index contributed by atoms with van der Waals surface area (Å²) >= 11 is 0. The van der Waals surface area contributed by atoms with Crippen molar-refractivity contribution in [1.29, 1.82) is 0 Å². The van der Waals surface area contributed by atoms with E-state index in [0.29, 0.717) is 16.9 Å². The SMILES string of the molecule is Cc1cc(C(=O)COC(=O)/C=C/c2ccccc2F)c(C)n1-c1cccc(F)c1. The Labute approximate surface area is 167 Å². The second-order valence-electron chi connectivity index (χ2n) is 6.49. The second kappa shape index (κ2) is 8.65. The zero-order valence-corrected chi connectivity index (χ0v) is 16.0. The number of aromatic nitrogens is 1. The molecule has 0 bridgehead atoms. The highest BCUT2D eigenvalue weighted by Crippen LogP contribution is 2.22. The van der Waals surface area contributed by atoms with Crippen molar-refractivity contribution in [3.05, 3.63) is 94.8 Å². The zero-order valence-electron chi connectivity index (χ0n) is 16.0. The Morgan fingerprint density at radius 2 is 1.79 bits per heavy atom.